The average molecular weight is 350 g/mol. The maximum atomic E-state index is 13.7. The number of hydrogen-bond acceptors (Lipinski definition) is 4. The van der Waals surface area contributed by atoms with Crippen LogP contribution in [0, 0.1) is 5.82 Å². The standard InChI is InChI=1S/C21H19FN2O2/c22-17-8-5-6-15(12-17)13-23-19-10-3-1-7-16(19)14-24(26)21(23)18-9-2-4-11-20(18)25/h1-12,21,25-26H,13-14H2. The molecular weight excluding hydrogens is 331 g/mol. The number of fused-ring (bicyclic) bond motifs is 1. The Labute approximate surface area is 151 Å². The topological polar surface area (TPSA) is 46.9 Å². The van der Waals surface area contributed by atoms with Gasteiger partial charge < -0.3 is 15.2 Å². The lowest BCUT2D eigenvalue weighted by atomic mass is 10.0. The van der Waals surface area contributed by atoms with Crippen molar-refractivity contribution in [3.05, 3.63) is 95.3 Å². The van der Waals surface area contributed by atoms with Gasteiger partial charge in [0, 0.05) is 17.8 Å². The van der Waals surface area contributed by atoms with Crippen LogP contribution in [0.15, 0.2) is 72.8 Å². The number of anilines is 1. The average Bonchev–Trinajstić information content (AvgIpc) is 2.63. The molecule has 1 aliphatic rings. The molecule has 1 heterocycles. The summed E-state index contributed by atoms with van der Waals surface area (Å²) in [5, 5.41) is 22.2. The molecule has 1 atom stereocenters. The van der Waals surface area contributed by atoms with Crippen molar-refractivity contribution in [1.82, 2.24) is 5.06 Å². The Hall–Kier alpha value is -2.89. The molecule has 0 aliphatic carbocycles. The summed E-state index contributed by atoms with van der Waals surface area (Å²) in [5.74, 6) is -0.187. The second kappa shape index (κ2) is 6.78. The molecule has 0 saturated carbocycles. The van der Waals surface area contributed by atoms with E-state index in [1.165, 1.54) is 17.2 Å². The van der Waals surface area contributed by atoms with Crippen molar-refractivity contribution in [2.75, 3.05) is 4.90 Å². The third kappa shape index (κ3) is 3.03. The van der Waals surface area contributed by atoms with Crippen molar-refractivity contribution in [3.63, 3.8) is 0 Å². The maximum Gasteiger partial charge on any atom is 0.135 e. The number of nitrogens with zero attached hydrogens (tertiary/aromatic N) is 2. The fourth-order valence-corrected chi connectivity index (χ4v) is 3.52. The molecule has 0 radical (unpaired) electrons. The molecule has 4 nitrogen and oxygen atoms in total. The van der Waals surface area contributed by atoms with Crippen molar-refractivity contribution in [3.8, 4) is 5.75 Å². The number of para-hydroxylation sites is 2. The molecule has 1 aliphatic heterocycles. The van der Waals surface area contributed by atoms with Crippen LogP contribution in [0.2, 0.25) is 0 Å². The predicted octanol–water partition coefficient (Wildman–Crippen LogP) is 4.44. The zero-order valence-corrected chi connectivity index (χ0v) is 14.1. The lowest BCUT2D eigenvalue weighted by Crippen LogP contribution is -2.43. The fraction of sp³-hybridized carbons (Fsp3) is 0.143. The van der Waals surface area contributed by atoms with Gasteiger partial charge in [0.25, 0.3) is 0 Å². The maximum absolute atomic E-state index is 13.7. The summed E-state index contributed by atoms with van der Waals surface area (Å²) in [6, 6.07) is 21.2. The first-order valence-corrected chi connectivity index (χ1v) is 8.46. The molecule has 1 unspecified atom stereocenters. The van der Waals surface area contributed by atoms with Crippen molar-refractivity contribution in [1.29, 1.82) is 0 Å². The third-order valence-electron chi connectivity index (χ3n) is 4.67. The summed E-state index contributed by atoms with van der Waals surface area (Å²) < 4.78 is 13.7. The van der Waals surface area contributed by atoms with Gasteiger partial charge in [-0.15, -0.1) is 0 Å². The number of rotatable bonds is 3. The lowest BCUT2D eigenvalue weighted by molar-refractivity contribution is -0.143. The SMILES string of the molecule is Oc1ccccc1C1N(O)Cc2ccccc2N1Cc1cccc(F)c1. The molecular formula is C21H19FN2O2. The van der Waals surface area contributed by atoms with Crippen molar-refractivity contribution in [2.45, 2.75) is 19.3 Å². The van der Waals surface area contributed by atoms with Crippen LogP contribution in [-0.4, -0.2) is 15.4 Å². The summed E-state index contributed by atoms with van der Waals surface area (Å²) in [4.78, 5) is 1.97. The van der Waals surface area contributed by atoms with Gasteiger partial charge in [-0.2, -0.15) is 5.06 Å². The second-order valence-corrected chi connectivity index (χ2v) is 6.42. The van der Waals surface area contributed by atoms with Crippen LogP contribution < -0.4 is 4.90 Å². The number of benzene rings is 3. The van der Waals surface area contributed by atoms with E-state index in [0.717, 1.165) is 16.8 Å². The second-order valence-electron chi connectivity index (χ2n) is 6.42. The summed E-state index contributed by atoms with van der Waals surface area (Å²) in [6.07, 6.45) is -0.575. The van der Waals surface area contributed by atoms with Gasteiger partial charge >= 0.3 is 0 Å². The normalized spacial score (nSPS) is 17.2. The monoisotopic (exact) mass is 350 g/mol. The largest absolute Gasteiger partial charge is 0.508 e. The minimum absolute atomic E-state index is 0.111. The summed E-state index contributed by atoms with van der Waals surface area (Å²) in [7, 11) is 0. The minimum atomic E-state index is -0.575. The van der Waals surface area contributed by atoms with Gasteiger partial charge in [0.05, 0.1) is 6.54 Å². The number of phenols is 1. The van der Waals surface area contributed by atoms with Crippen LogP contribution in [0.5, 0.6) is 5.75 Å². The number of hydroxylamine groups is 2. The zero-order chi connectivity index (χ0) is 18.1. The van der Waals surface area contributed by atoms with Crippen LogP contribution in [0.4, 0.5) is 10.1 Å². The van der Waals surface area contributed by atoms with Crippen LogP contribution in [0.1, 0.15) is 22.9 Å². The molecule has 0 saturated heterocycles. The molecule has 0 aromatic heterocycles. The van der Waals surface area contributed by atoms with Gasteiger partial charge in [0.2, 0.25) is 0 Å². The van der Waals surface area contributed by atoms with E-state index in [2.05, 4.69) is 0 Å². The molecule has 5 heteroatoms. The van der Waals surface area contributed by atoms with E-state index in [9.17, 15) is 14.7 Å². The highest BCUT2D eigenvalue weighted by atomic mass is 19.1. The first-order chi connectivity index (χ1) is 12.6. The van der Waals surface area contributed by atoms with Crippen molar-refractivity contribution < 1.29 is 14.7 Å². The first-order valence-electron chi connectivity index (χ1n) is 8.46. The van der Waals surface area contributed by atoms with Crippen LogP contribution in [0.3, 0.4) is 0 Å². The molecule has 0 amide bonds. The van der Waals surface area contributed by atoms with Gasteiger partial charge in [-0.05, 0) is 35.4 Å². The van der Waals surface area contributed by atoms with E-state index in [1.807, 2.05) is 41.3 Å². The Kier molecular flexibility index (Phi) is 4.32. The van der Waals surface area contributed by atoms with Crippen molar-refractivity contribution >= 4 is 5.69 Å². The Morgan fingerprint density at radius 2 is 1.73 bits per heavy atom. The third-order valence-corrected chi connectivity index (χ3v) is 4.67. The Morgan fingerprint density at radius 3 is 2.54 bits per heavy atom. The number of aromatic hydroxyl groups is 1. The van der Waals surface area contributed by atoms with Crippen LogP contribution in [0.25, 0.3) is 0 Å². The van der Waals surface area contributed by atoms with Gasteiger partial charge in [0.1, 0.15) is 17.7 Å². The summed E-state index contributed by atoms with van der Waals surface area (Å²) in [5.41, 5.74) is 3.31. The Balaban J connectivity index is 1.82. The van der Waals surface area contributed by atoms with E-state index in [4.69, 9.17) is 0 Å². The molecule has 3 aromatic carbocycles. The highest BCUT2D eigenvalue weighted by Gasteiger charge is 2.34. The molecule has 132 valence electrons. The van der Waals surface area contributed by atoms with Gasteiger partial charge in [-0.25, -0.2) is 4.39 Å². The Morgan fingerprint density at radius 1 is 0.962 bits per heavy atom. The fourth-order valence-electron chi connectivity index (χ4n) is 3.52. The number of hydrogen-bond donors (Lipinski definition) is 2. The smallest absolute Gasteiger partial charge is 0.135 e. The van der Waals surface area contributed by atoms with E-state index in [0.29, 0.717) is 18.7 Å². The predicted molar refractivity (Wildman–Crippen MR) is 97.2 cm³/mol. The van der Waals surface area contributed by atoms with Gasteiger partial charge in [0.15, 0.2) is 0 Å². The molecule has 3 aromatic rings. The highest BCUT2D eigenvalue weighted by molar-refractivity contribution is 5.58. The molecule has 2 N–H and O–H groups in total. The molecule has 0 spiro atoms. The highest BCUT2D eigenvalue weighted by Crippen LogP contribution is 2.41. The van der Waals surface area contributed by atoms with Crippen LogP contribution in [-0.2, 0) is 13.1 Å². The minimum Gasteiger partial charge on any atom is -0.508 e. The molecule has 26 heavy (non-hydrogen) atoms. The quantitative estimate of drug-likeness (QED) is 0.733. The summed E-state index contributed by atoms with van der Waals surface area (Å²) >= 11 is 0. The lowest BCUT2D eigenvalue weighted by Gasteiger charge is -2.43. The summed E-state index contributed by atoms with van der Waals surface area (Å²) in [6.45, 7) is 0.736. The zero-order valence-electron chi connectivity index (χ0n) is 14.1. The van der Waals surface area contributed by atoms with Crippen molar-refractivity contribution in [2.24, 2.45) is 0 Å². The van der Waals surface area contributed by atoms with Crippen LogP contribution >= 0.6 is 0 Å². The van der Waals surface area contributed by atoms with Gasteiger partial charge in [-0.3, -0.25) is 0 Å². The number of halogens is 1. The van der Waals surface area contributed by atoms with E-state index < -0.39 is 6.17 Å². The number of phenolic OH excluding ortho intramolecular Hbond substituents is 1. The molecule has 0 bridgehead atoms. The molecule has 4 rings (SSSR count). The van der Waals surface area contributed by atoms with E-state index in [1.54, 1.807) is 24.3 Å². The molecule has 0 fully saturated rings. The van der Waals surface area contributed by atoms with Gasteiger partial charge in [-0.1, -0.05) is 48.5 Å². The Bertz CT molecular complexity index is 931. The van der Waals surface area contributed by atoms with E-state index in [-0.39, 0.29) is 11.6 Å². The first kappa shape index (κ1) is 16.6. The van der Waals surface area contributed by atoms with E-state index >= 15 is 0 Å².